The monoisotopic (exact) mass is 671 g/mol. The number of benzene rings is 4. The van der Waals surface area contributed by atoms with Gasteiger partial charge in [0.1, 0.15) is 0 Å². The molecule has 5 aromatic rings. The van der Waals surface area contributed by atoms with Crippen molar-refractivity contribution in [1.82, 2.24) is 9.88 Å². The number of hydrogen-bond acceptors (Lipinski definition) is 5. The molecule has 7 heteroatoms. The van der Waals surface area contributed by atoms with Crippen LogP contribution in [0.1, 0.15) is 48.6 Å². The molecule has 0 unspecified atom stereocenters. The largest absolute Gasteiger partial charge is 0.407 e. The van der Waals surface area contributed by atoms with Crippen LogP contribution in [0.25, 0.3) is 11.1 Å². The van der Waals surface area contributed by atoms with E-state index >= 15 is 0 Å². The summed E-state index contributed by atoms with van der Waals surface area (Å²) in [5, 5.41) is 16.6. The fraction of sp³-hybridized carbons (Fsp3) is 0.310. The first-order chi connectivity index (χ1) is 23.6. The first-order valence-electron chi connectivity index (χ1n) is 17.3. The highest BCUT2D eigenvalue weighted by Crippen LogP contribution is 2.37. The highest BCUT2D eigenvalue weighted by atomic mass is 28.4. The molecular formula is C42H49N3O3Si. The summed E-state index contributed by atoms with van der Waals surface area (Å²) in [5.74, 6) is 0. The van der Waals surface area contributed by atoms with Gasteiger partial charge in [-0.3, -0.25) is 9.69 Å². The second-order valence-electron chi connectivity index (χ2n) is 14.4. The number of nitrogens with zero attached hydrogens (tertiary/aromatic N) is 1. The summed E-state index contributed by atoms with van der Waals surface area (Å²) in [6, 6.07) is 36.0. The SMILES string of the molecule is Cc1cc(NC[C@@H](O)CN2Cc3ccccc3C2)cc(C)c1-c1cc[nH]c(=O)c1CCO[Si](c1ccccc1)(c1ccccc1)C(C)(C)C. The zero-order chi connectivity index (χ0) is 34.6. The van der Waals surface area contributed by atoms with Gasteiger partial charge >= 0.3 is 0 Å². The molecule has 4 aromatic carbocycles. The number of anilines is 1. The molecule has 49 heavy (non-hydrogen) atoms. The molecule has 1 atom stereocenters. The first kappa shape index (κ1) is 34.6. The Balaban J connectivity index is 1.19. The van der Waals surface area contributed by atoms with Gasteiger partial charge < -0.3 is 19.8 Å². The number of aryl methyl sites for hydroxylation is 2. The van der Waals surface area contributed by atoms with E-state index in [1.165, 1.54) is 21.5 Å². The summed E-state index contributed by atoms with van der Waals surface area (Å²) in [6.45, 7) is 14.2. The zero-order valence-corrected chi connectivity index (χ0v) is 30.4. The lowest BCUT2D eigenvalue weighted by molar-refractivity contribution is 0.121. The van der Waals surface area contributed by atoms with E-state index < -0.39 is 14.4 Å². The molecule has 0 radical (unpaired) electrons. The third-order valence-electron chi connectivity index (χ3n) is 9.87. The van der Waals surface area contributed by atoms with E-state index in [1.807, 2.05) is 18.2 Å². The molecule has 3 N–H and O–H groups in total. The Morgan fingerprint density at radius 2 is 1.41 bits per heavy atom. The number of aliphatic hydroxyl groups is 1. The second kappa shape index (κ2) is 14.7. The predicted molar refractivity (Wildman–Crippen MR) is 204 cm³/mol. The minimum absolute atomic E-state index is 0.0864. The lowest BCUT2D eigenvalue weighted by Gasteiger charge is -2.43. The van der Waals surface area contributed by atoms with Crippen LogP contribution in [0.15, 0.2) is 114 Å². The molecule has 6 nitrogen and oxygen atoms in total. The smallest absolute Gasteiger partial charge is 0.261 e. The van der Waals surface area contributed by atoms with E-state index in [9.17, 15) is 9.90 Å². The molecule has 254 valence electrons. The second-order valence-corrected chi connectivity index (χ2v) is 18.7. The minimum Gasteiger partial charge on any atom is -0.407 e. The molecule has 0 saturated heterocycles. The van der Waals surface area contributed by atoms with Crippen molar-refractivity contribution < 1.29 is 9.53 Å². The average Bonchev–Trinajstić information content (AvgIpc) is 3.49. The number of β-amino-alcohol motifs (C(OH)–C–C–N with tert-alkyl or cyclic N) is 1. The maximum absolute atomic E-state index is 13.4. The van der Waals surface area contributed by atoms with E-state index in [2.05, 4.69) is 135 Å². The number of aromatic nitrogens is 1. The van der Waals surface area contributed by atoms with E-state index in [1.54, 1.807) is 6.20 Å². The van der Waals surface area contributed by atoms with Crippen LogP contribution in [0.3, 0.4) is 0 Å². The Bertz CT molecular complexity index is 1850. The molecule has 0 bridgehead atoms. The number of rotatable bonds is 12. The van der Waals surface area contributed by atoms with Crippen molar-refractivity contribution in [2.24, 2.45) is 0 Å². The maximum atomic E-state index is 13.4. The molecule has 2 heterocycles. The van der Waals surface area contributed by atoms with Crippen LogP contribution in [0.4, 0.5) is 5.69 Å². The van der Waals surface area contributed by atoms with Crippen LogP contribution in [0.5, 0.6) is 0 Å². The number of aromatic amines is 1. The third kappa shape index (κ3) is 7.36. The van der Waals surface area contributed by atoms with Crippen LogP contribution in [-0.2, 0) is 23.9 Å². The normalized spacial score (nSPS) is 14.1. The van der Waals surface area contributed by atoms with E-state index in [-0.39, 0.29) is 10.6 Å². The topological polar surface area (TPSA) is 77.6 Å². The van der Waals surface area contributed by atoms with Crippen LogP contribution >= 0.6 is 0 Å². The van der Waals surface area contributed by atoms with Crippen molar-refractivity contribution in [3.05, 3.63) is 147 Å². The molecule has 0 fully saturated rings. The zero-order valence-electron chi connectivity index (χ0n) is 29.4. The molecule has 0 spiro atoms. The Labute approximate surface area is 292 Å². The van der Waals surface area contributed by atoms with Gasteiger partial charge in [-0.05, 0) is 80.8 Å². The summed E-state index contributed by atoms with van der Waals surface area (Å²) in [5.41, 5.74) is 8.45. The van der Waals surface area contributed by atoms with Crippen molar-refractivity contribution >= 4 is 24.4 Å². The molecular weight excluding hydrogens is 623 g/mol. The fourth-order valence-corrected chi connectivity index (χ4v) is 12.2. The van der Waals surface area contributed by atoms with E-state index in [0.717, 1.165) is 46.6 Å². The summed E-state index contributed by atoms with van der Waals surface area (Å²) >= 11 is 0. The van der Waals surface area contributed by atoms with Crippen molar-refractivity contribution in [1.29, 1.82) is 0 Å². The van der Waals surface area contributed by atoms with Crippen molar-refractivity contribution in [2.45, 2.75) is 65.3 Å². The van der Waals surface area contributed by atoms with Gasteiger partial charge in [-0.1, -0.05) is 106 Å². The summed E-state index contributed by atoms with van der Waals surface area (Å²) < 4.78 is 7.16. The predicted octanol–water partition coefficient (Wildman–Crippen LogP) is 6.57. The average molecular weight is 672 g/mol. The molecule has 1 aliphatic heterocycles. The third-order valence-corrected chi connectivity index (χ3v) is 14.9. The Hall–Kier alpha value is -4.27. The van der Waals surface area contributed by atoms with Crippen molar-refractivity contribution in [2.75, 3.05) is 25.0 Å². The van der Waals surface area contributed by atoms with Gasteiger partial charge in [-0.25, -0.2) is 0 Å². The van der Waals surface area contributed by atoms with Crippen molar-refractivity contribution in [3.8, 4) is 11.1 Å². The summed E-state index contributed by atoms with van der Waals surface area (Å²) in [4.78, 5) is 18.7. The molecule has 0 amide bonds. The maximum Gasteiger partial charge on any atom is 0.261 e. The Kier molecular flexibility index (Phi) is 10.4. The first-order valence-corrected chi connectivity index (χ1v) is 19.3. The van der Waals surface area contributed by atoms with Gasteiger partial charge in [-0.15, -0.1) is 0 Å². The standard InChI is InChI=1S/C42H49N3O3Si/c1-30-24-34(44-26-35(46)29-45-27-32-14-12-13-15-33(32)28-45)25-31(2)40(30)38-20-22-43-41(47)39(38)21-23-48-49(42(3,4)5,36-16-8-6-9-17-36)37-18-10-7-11-19-37/h6-20,22,24-25,35,44,46H,21,23,26-29H2,1-5H3,(H,43,47)/t35-/m1/s1. The van der Waals surface area contributed by atoms with Crippen LogP contribution in [-0.4, -0.2) is 49.1 Å². The van der Waals surface area contributed by atoms with Gasteiger partial charge in [-0.2, -0.15) is 0 Å². The molecule has 1 aliphatic rings. The van der Waals surface area contributed by atoms with Gasteiger partial charge in [0.25, 0.3) is 13.9 Å². The van der Waals surface area contributed by atoms with Gasteiger partial charge in [0, 0.05) is 56.7 Å². The number of hydrogen-bond donors (Lipinski definition) is 3. The lowest BCUT2D eigenvalue weighted by atomic mass is 9.91. The van der Waals surface area contributed by atoms with E-state index in [4.69, 9.17) is 4.43 Å². The number of nitrogens with one attached hydrogen (secondary N) is 2. The Morgan fingerprint density at radius 1 is 0.857 bits per heavy atom. The number of H-pyrrole nitrogens is 1. The quantitative estimate of drug-likeness (QED) is 0.131. The van der Waals surface area contributed by atoms with Crippen LogP contribution in [0.2, 0.25) is 5.04 Å². The lowest BCUT2D eigenvalue weighted by Crippen LogP contribution is -2.66. The minimum atomic E-state index is -2.74. The molecule has 0 aliphatic carbocycles. The Morgan fingerprint density at radius 3 is 1.96 bits per heavy atom. The molecule has 6 rings (SSSR count). The van der Waals surface area contributed by atoms with Gasteiger partial charge in [0.2, 0.25) is 0 Å². The van der Waals surface area contributed by atoms with Crippen LogP contribution in [0, 0.1) is 13.8 Å². The van der Waals surface area contributed by atoms with Gasteiger partial charge in [0.15, 0.2) is 0 Å². The number of aliphatic hydroxyl groups excluding tert-OH is 1. The van der Waals surface area contributed by atoms with Crippen LogP contribution < -0.4 is 21.2 Å². The fourth-order valence-electron chi connectivity index (χ4n) is 7.68. The molecule has 0 saturated carbocycles. The number of pyridine rings is 1. The summed E-state index contributed by atoms with van der Waals surface area (Å²) in [7, 11) is -2.74. The van der Waals surface area contributed by atoms with Crippen molar-refractivity contribution in [3.63, 3.8) is 0 Å². The van der Waals surface area contributed by atoms with Gasteiger partial charge in [0.05, 0.1) is 6.10 Å². The highest BCUT2D eigenvalue weighted by Gasteiger charge is 2.50. The highest BCUT2D eigenvalue weighted by molar-refractivity contribution is 6.99. The van der Waals surface area contributed by atoms with E-state index in [0.29, 0.717) is 26.1 Å². The number of fused-ring (bicyclic) bond motifs is 1. The molecule has 1 aromatic heterocycles. The summed E-state index contributed by atoms with van der Waals surface area (Å²) in [6.07, 6.45) is 1.73.